The van der Waals surface area contributed by atoms with E-state index >= 15 is 0 Å². The van der Waals surface area contributed by atoms with Gasteiger partial charge in [0.2, 0.25) is 0 Å². The third-order valence-corrected chi connectivity index (χ3v) is 3.25. The molecule has 0 aliphatic carbocycles. The molecule has 2 rings (SSSR count). The molecule has 122 valence electrons. The Morgan fingerprint density at radius 3 is 2.57 bits per heavy atom. The van der Waals surface area contributed by atoms with Crippen LogP contribution in [0.25, 0.3) is 0 Å². The van der Waals surface area contributed by atoms with Gasteiger partial charge in [-0.3, -0.25) is 4.79 Å². The maximum absolute atomic E-state index is 12.7. The van der Waals surface area contributed by atoms with Crippen LogP contribution in [0.3, 0.4) is 0 Å². The van der Waals surface area contributed by atoms with Gasteiger partial charge in [0.1, 0.15) is 0 Å². The number of alkyl halides is 3. The van der Waals surface area contributed by atoms with Crippen molar-refractivity contribution in [2.45, 2.75) is 13.1 Å². The van der Waals surface area contributed by atoms with E-state index in [2.05, 4.69) is 5.32 Å². The van der Waals surface area contributed by atoms with E-state index in [1.807, 2.05) is 0 Å². The van der Waals surface area contributed by atoms with Crippen molar-refractivity contribution in [3.05, 3.63) is 58.6 Å². The fourth-order valence-electron chi connectivity index (χ4n) is 1.95. The van der Waals surface area contributed by atoms with E-state index in [-0.39, 0.29) is 22.0 Å². The molecule has 0 fully saturated rings. The Morgan fingerprint density at radius 1 is 1.22 bits per heavy atom. The first-order valence-electron chi connectivity index (χ1n) is 6.73. The number of ether oxygens (including phenoxy) is 1. The molecule has 0 spiro atoms. The Labute approximate surface area is 136 Å². The smallest absolute Gasteiger partial charge is 0.416 e. The van der Waals surface area contributed by atoms with Crippen LogP contribution in [0.5, 0.6) is 5.75 Å². The van der Waals surface area contributed by atoms with Gasteiger partial charge in [0.15, 0.2) is 5.75 Å². The fourth-order valence-corrected chi connectivity index (χ4v) is 2.18. The van der Waals surface area contributed by atoms with Gasteiger partial charge in [0.25, 0.3) is 5.91 Å². The van der Waals surface area contributed by atoms with Gasteiger partial charge in [0.05, 0.1) is 22.8 Å². The third-order valence-electron chi connectivity index (χ3n) is 2.95. The number of para-hydroxylation sites is 1. The summed E-state index contributed by atoms with van der Waals surface area (Å²) in [6.45, 7) is 2.03. The molecule has 2 aromatic carbocycles. The number of anilines is 1. The van der Waals surface area contributed by atoms with Crippen LogP contribution in [-0.2, 0) is 6.18 Å². The molecule has 0 aromatic heterocycles. The van der Waals surface area contributed by atoms with E-state index in [1.165, 1.54) is 18.2 Å². The summed E-state index contributed by atoms with van der Waals surface area (Å²) in [6.07, 6.45) is -4.48. The Balaban J connectivity index is 2.28. The Kier molecular flexibility index (Phi) is 5.15. The standard InChI is InChI=1S/C16H13ClF3NO2/c1-2-23-14-12(7-4-8-13(14)17)15(22)21-11-6-3-5-10(9-11)16(18,19)20/h3-9H,2H2,1H3,(H,21,22). The average molecular weight is 344 g/mol. The lowest BCUT2D eigenvalue weighted by molar-refractivity contribution is -0.137. The molecule has 0 atom stereocenters. The van der Waals surface area contributed by atoms with Crippen molar-refractivity contribution in [3.63, 3.8) is 0 Å². The largest absolute Gasteiger partial charge is 0.491 e. The van der Waals surface area contributed by atoms with Gasteiger partial charge in [-0.2, -0.15) is 13.2 Å². The van der Waals surface area contributed by atoms with Gasteiger partial charge >= 0.3 is 6.18 Å². The van der Waals surface area contributed by atoms with Crippen molar-refractivity contribution in [1.29, 1.82) is 0 Å². The lowest BCUT2D eigenvalue weighted by Crippen LogP contribution is -2.14. The first-order chi connectivity index (χ1) is 10.8. The Bertz CT molecular complexity index is 717. The fraction of sp³-hybridized carbons (Fsp3) is 0.188. The summed E-state index contributed by atoms with van der Waals surface area (Å²) in [6, 6.07) is 9.00. The molecule has 2 aromatic rings. The van der Waals surface area contributed by atoms with Crippen molar-refractivity contribution < 1.29 is 22.7 Å². The molecule has 0 unspecified atom stereocenters. The predicted octanol–water partition coefficient (Wildman–Crippen LogP) is 5.01. The second kappa shape index (κ2) is 6.91. The first-order valence-corrected chi connectivity index (χ1v) is 7.10. The van der Waals surface area contributed by atoms with Crippen LogP contribution in [0.4, 0.5) is 18.9 Å². The highest BCUT2D eigenvalue weighted by atomic mass is 35.5. The average Bonchev–Trinajstić information content (AvgIpc) is 2.49. The van der Waals surface area contributed by atoms with Gasteiger partial charge in [-0.05, 0) is 37.3 Å². The van der Waals surface area contributed by atoms with Gasteiger partial charge in [0, 0.05) is 5.69 Å². The number of nitrogens with one attached hydrogen (secondary N) is 1. The molecular formula is C16H13ClF3NO2. The highest BCUT2D eigenvalue weighted by molar-refractivity contribution is 6.32. The van der Waals surface area contributed by atoms with Crippen molar-refractivity contribution in [1.82, 2.24) is 0 Å². The van der Waals surface area contributed by atoms with Gasteiger partial charge in [-0.15, -0.1) is 0 Å². The van der Waals surface area contributed by atoms with E-state index in [4.69, 9.17) is 16.3 Å². The third kappa shape index (κ3) is 4.16. The molecule has 7 heteroatoms. The summed E-state index contributed by atoms with van der Waals surface area (Å²) in [5, 5.41) is 2.67. The molecule has 0 saturated carbocycles. The zero-order valence-electron chi connectivity index (χ0n) is 12.1. The first kappa shape index (κ1) is 17.1. The lowest BCUT2D eigenvalue weighted by Gasteiger charge is -2.13. The van der Waals surface area contributed by atoms with E-state index in [1.54, 1.807) is 19.1 Å². The number of hydrogen-bond acceptors (Lipinski definition) is 2. The Morgan fingerprint density at radius 2 is 1.91 bits per heavy atom. The minimum atomic E-state index is -4.48. The van der Waals surface area contributed by atoms with Crippen LogP contribution in [0.2, 0.25) is 5.02 Å². The van der Waals surface area contributed by atoms with Crippen molar-refractivity contribution in [3.8, 4) is 5.75 Å². The minimum absolute atomic E-state index is 0.0345. The van der Waals surface area contributed by atoms with Crippen molar-refractivity contribution in [2.75, 3.05) is 11.9 Å². The summed E-state index contributed by atoms with van der Waals surface area (Å²) >= 11 is 5.99. The maximum Gasteiger partial charge on any atom is 0.416 e. The number of halogens is 4. The monoisotopic (exact) mass is 343 g/mol. The molecule has 0 bridgehead atoms. The number of hydrogen-bond donors (Lipinski definition) is 1. The van der Waals surface area contributed by atoms with E-state index in [0.717, 1.165) is 12.1 Å². The number of carbonyl (C=O) groups excluding carboxylic acids is 1. The molecule has 0 aliphatic rings. The molecule has 0 aliphatic heterocycles. The predicted molar refractivity (Wildman–Crippen MR) is 82.0 cm³/mol. The summed E-state index contributed by atoms with van der Waals surface area (Å²) < 4.78 is 43.4. The van der Waals surface area contributed by atoms with Gasteiger partial charge in [-0.1, -0.05) is 23.7 Å². The summed E-state index contributed by atoms with van der Waals surface area (Å²) in [5.41, 5.74) is -0.657. The van der Waals surface area contributed by atoms with Crippen LogP contribution in [0.1, 0.15) is 22.8 Å². The van der Waals surface area contributed by atoms with Crippen LogP contribution in [-0.4, -0.2) is 12.5 Å². The van der Waals surface area contributed by atoms with Crippen molar-refractivity contribution >= 4 is 23.2 Å². The molecule has 1 amide bonds. The Hall–Kier alpha value is -2.21. The molecular weight excluding hydrogens is 331 g/mol. The molecule has 1 N–H and O–H groups in total. The second-order valence-electron chi connectivity index (χ2n) is 4.58. The van der Waals surface area contributed by atoms with Gasteiger partial charge in [-0.25, -0.2) is 0 Å². The van der Waals surface area contributed by atoms with Gasteiger partial charge < -0.3 is 10.1 Å². The molecule has 0 saturated heterocycles. The van der Waals surface area contributed by atoms with Crippen molar-refractivity contribution in [2.24, 2.45) is 0 Å². The van der Waals surface area contributed by atoms with E-state index in [9.17, 15) is 18.0 Å². The highest BCUT2D eigenvalue weighted by Crippen LogP contribution is 2.32. The van der Waals surface area contributed by atoms with Crippen LogP contribution in [0.15, 0.2) is 42.5 Å². The topological polar surface area (TPSA) is 38.3 Å². The number of rotatable bonds is 4. The molecule has 23 heavy (non-hydrogen) atoms. The summed E-state index contributed by atoms with van der Waals surface area (Å²) in [5.74, 6) is -0.406. The van der Waals surface area contributed by atoms with Crippen LogP contribution in [0, 0.1) is 0 Å². The number of benzene rings is 2. The summed E-state index contributed by atoms with van der Waals surface area (Å²) in [7, 11) is 0. The van der Waals surface area contributed by atoms with Crippen LogP contribution < -0.4 is 10.1 Å². The maximum atomic E-state index is 12.7. The normalized spacial score (nSPS) is 11.2. The van der Waals surface area contributed by atoms with E-state index in [0.29, 0.717) is 6.61 Å². The second-order valence-corrected chi connectivity index (χ2v) is 4.99. The number of amides is 1. The van der Waals surface area contributed by atoms with Crippen LogP contribution >= 0.6 is 11.6 Å². The quantitative estimate of drug-likeness (QED) is 0.847. The zero-order chi connectivity index (χ0) is 17.0. The SMILES string of the molecule is CCOc1c(Cl)cccc1C(=O)Nc1cccc(C(F)(F)F)c1. The highest BCUT2D eigenvalue weighted by Gasteiger charge is 2.30. The molecule has 3 nitrogen and oxygen atoms in total. The zero-order valence-corrected chi connectivity index (χ0v) is 12.8. The molecule has 0 radical (unpaired) electrons. The minimum Gasteiger partial charge on any atom is -0.491 e. The summed E-state index contributed by atoms with van der Waals surface area (Å²) in [4.78, 5) is 12.3. The lowest BCUT2D eigenvalue weighted by atomic mass is 10.1. The van der Waals surface area contributed by atoms with E-state index < -0.39 is 17.6 Å². The number of carbonyl (C=O) groups is 1. The molecule has 0 heterocycles.